The summed E-state index contributed by atoms with van der Waals surface area (Å²) in [6.45, 7) is 6.87. The molecule has 10 nitrogen and oxygen atoms in total. The highest BCUT2D eigenvalue weighted by molar-refractivity contribution is 6.30. The van der Waals surface area contributed by atoms with Crippen molar-refractivity contribution in [1.82, 2.24) is 24.6 Å². The van der Waals surface area contributed by atoms with Crippen molar-refractivity contribution in [3.63, 3.8) is 0 Å². The molecule has 2 atom stereocenters. The van der Waals surface area contributed by atoms with Crippen molar-refractivity contribution < 1.29 is 36.6 Å². The number of likely N-dealkylation sites (tertiary alicyclic amines) is 1. The average molecular weight is 789 g/mol. The molecule has 0 aliphatic carbocycles. The van der Waals surface area contributed by atoms with Crippen LogP contribution in [0.4, 0.5) is 23.2 Å². The number of H-pyrrole nitrogens is 1. The first-order valence-corrected chi connectivity index (χ1v) is 18.9. The Morgan fingerprint density at radius 2 is 1.86 bits per heavy atom. The number of imidazole rings is 1. The van der Waals surface area contributed by atoms with Crippen LogP contribution in [0.3, 0.4) is 0 Å². The molecule has 290 valence electrons. The summed E-state index contributed by atoms with van der Waals surface area (Å²) in [5.74, 6) is -0.0370. The lowest BCUT2D eigenvalue weighted by Gasteiger charge is -2.33. The molecule has 3 aliphatic rings. The fraction of sp³-hybridized carbons (Fsp3) is 0.341. The van der Waals surface area contributed by atoms with Gasteiger partial charge in [0, 0.05) is 40.8 Å². The molecular weight excluding hydrogens is 752 g/mol. The number of nitrogens with one attached hydrogen (secondary N) is 2. The van der Waals surface area contributed by atoms with Gasteiger partial charge in [-0.3, -0.25) is 14.8 Å². The Bertz CT molecular complexity index is 2510. The van der Waals surface area contributed by atoms with E-state index in [1.165, 1.54) is 12.1 Å². The van der Waals surface area contributed by atoms with Gasteiger partial charge >= 0.3 is 6.18 Å². The van der Waals surface area contributed by atoms with Gasteiger partial charge in [0.25, 0.3) is 11.7 Å². The number of halogens is 5. The number of fused-ring (bicyclic) bond motifs is 3. The summed E-state index contributed by atoms with van der Waals surface area (Å²) in [6.07, 6.45) is -1.90. The smallest absolute Gasteiger partial charge is 0.433 e. The van der Waals surface area contributed by atoms with Gasteiger partial charge in [-0.25, -0.2) is 9.37 Å². The van der Waals surface area contributed by atoms with E-state index in [0.29, 0.717) is 52.9 Å². The topological polar surface area (TPSA) is 107 Å². The van der Waals surface area contributed by atoms with E-state index in [1.54, 1.807) is 44.2 Å². The number of rotatable bonds is 8. The third-order valence-corrected chi connectivity index (χ3v) is 11.3. The minimum atomic E-state index is -4.62. The van der Waals surface area contributed by atoms with E-state index in [1.807, 2.05) is 18.2 Å². The van der Waals surface area contributed by atoms with Crippen LogP contribution in [0.1, 0.15) is 70.7 Å². The van der Waals surface area contributed by atoms with Crippen LogP contribution < -0.4 is 14.8 Å². The van der Waals surface area contributed by atoms with Crippen molar-refractivity contribution in [1.29, 1.82) is 0 Å². The first kappa shape index (κ1) is 36.5. The zero-order valence-corrected chi connectivity index (χ0v) is 31.2. The number of hydrogen-bond donors (Lipinski definition) is 2. The Morgan fingerprint density at radius 3 is 2.59 bits per heavy atom. The third-order valence-electron chi connectivity index (χ3n) is 11.1. The Labute approximate surface area is 323 Å². The average Bonchev–Trinajstić information content (AvgIpc) is 3.83. The Hall–Kier alpha value is -5.18. The number of alkyl halides is 3. The van der Waals surface area contributed by atoms with Crippen LogP contribution in [0, 0.1) is 12.7 Å². The summed E-state index contributed by atoms with van der Waals surface area (Å²) in [7, 11) is 0. The summed E-state index contributed by atoms with van der Waals surface area (Å²) >= 11 is 6.00. The lowest BCUT2D eigenvalue weighted by molar-refractivity contribution is -0.139. The van der Waals surface area contributed by atoms with Gasteiger partial charge in [-0.1, -0.05) is 23.7 Å². The summed E-state index contributed by atoms with van der Waals surface area (Å²) in [5.41, 5.74) is 3.08. The van der Waals surface area contributed by atoms with Gasteiger partial charge in [-0.15, -0.1) is 0 Å². The number of nitrogens with zero attached hydrogens (tertiary/aromatic N) is 4. The first-order valence-electron chi connectivity index (χ1n) is 18.5. The summed E-state index contributed by atoms with van der Waals surface area (Å²) in [6, 6.07) is 18.4. The molecule has 2 saturated heterocycles. The highest BCUT2D eigenvalue weighted by atomic mass is 35.5. The largest absolute Gasteiger partial charge is 0.444 e. The standard InChI is InChI=1S/C41H37ClF4N6O4/c1-22-16-26(19-29-36(22)49-50-38(29)41(44,45)46)47-39(53)24-6-9-33-32(17-24)48-35(52(33)20-27-12-15-54-27)21-51-13-10-23(11-14-51)28-4-3-5-34-37(28)56-40(2,55-34)30-8-7-25(42)18-31(30)43/h3-9,16-19,23,27H,10-15,20-21H2,1-2H3,(H,47,53)(H,49,50). The van der Waals surface area contributed by atoms with Gasteiger partial charge in [-0.05, 0) is 105 Å². The highest BCUT2D eigenvalue weighted by Crippen LogP contribution is 2.50. The number of hydrogen-bond acceptors (Lipinski definition) is 7. The van der Waals surface area contributed by atoms with Crippen LogP contribution in [0.25, 0.3) is 21.9 Å². The van der Waals surface area contributed by atoms with E-state index in [4.69, 9.17) is 30.8 Å². The third kappa shape index (κ3) is 6.62. The van der Waals surface area contributed by atoms with Crippen molar-refractivity contribution in [2.45, 2.75) is 70.2 Å². The molecule has 6 aromatic rings. The maximum absolute atomic E-state index is 14.9. The van der Waals surface area contributed by atoms with Crippen molar-refractivity contribution in [3.8, 4) is 11.5 Å². The molecule has 2 unspecified atom stereocenters. The van der Waals surface area contributed by atoms with Gasteiger partial charge in [0.05, 0.1) is 41.3 Å². The Kier molecular flexibility index (Phi) is 8.97. The normalized spacial score (nSPS) is 20.2. The summed E-state index contributed by atoms with van der Waals surface area (Å²) in [4.78, 5) is 20.8. The van der Waals surface area contributed by atoms with Crippen LogP contribution >= 0.6 is 11.6 Å². The number of ether oxygens (including phenoxy) is 3. The second-order valence-corrected chi connectivity index (χ2v) is 15.3. The molecule has 3 aliphatic heterocycles. The number of amides is 1. The number of piperidine rings is 1. The molecule has 56 heavy (non-hydrogen) atoms. The quantitative estimate of drug-likeness (QED) is 0.148. The van der Waals surface area contributed by atoms with Gasteiger partial charge in [-0.2, -0.15) is 18.3 Å². The molecule has 1 amide bonds. The van der Waals surface area contributed by atoms with Crippen LogP contribution in [0.2, 0.25) is 5.02 Å². The number of para-hydroxylation sites is 1. The Balaban J connectivity index is 0.917. The molecule has 0 radical (unpaired) electrons. The molecule has 5 heterocycles. The van der Waals surface area contributed by atoms with E-state index in [0.717, 1.165) is 49.3 Å². The minimum absolute atomic E-state index is 0.0666. The molecule has 4 aromatic carbocycles. The zero-order chi connectivity index (χ0) is 38.9. The fourth-order valence-electron chi connectivity index (χ4n) is 8.10. The number of aryl methyl sites for hydroxylation is 1. The lowest BCUT2D eigenvalue weighted by Crippen LogP contribution is -2.35. The SMILES string of the molecule is Cc1cc(NC(=O)c2ccc3c(c2)nc(CN2CCC(c4cccc5c4OC(C)(c4ccc(Cl)cc4F)O5)CC2)n3CC2CCO2)cc2c(C(F)(F)F)[nH]nc12. The second kappa shape index (κ2) is 13.8. The second-order valence-electron chi connectivity index (χ2n) is 14.9. The first-order chi connectivity index (χ1) is 26.8. The molecule has 0 bridgehead atoms. The maximum Gasteiger partial charge on any atom is 0.433 e. The Morgan fingerprint density at radius 1 is 1.05 bits per heavy atom. The molecule has 2 N–H and O–H groups in total. The van der Waals surface area contributed by atoms with Crippen LogP contribution in [-0.2, 0) is 29.8 Å². The van der Waals surface area contributed by atoms with Gasteiger partial charge in [0.2, 0.25) is 0 Å². The monoisotopic (exact) mass is 788 g/mol. The predicted molar refractivity (Wildman–Crippen MR) is 202 cm³/mol. The zero-order valence-electron chi connectivity index (χ0n) is 30.5. The van der Waals surface area contributed by atoms with E-state index in [2.05, 4.69) is 31.0 Å². The molecule has 15 heteroatoms. The number of carbonyl (C=O) groups excluding carboxylic acids is 1. The molecular formula is C41H37ClF4N6O4. The number of anilines is 1. The highest BCUT2D eigenvalue weighted by Gasteiger charge is 2.43. The maximum atomic E-state index is 14.9. The van der Waals surface area contributed by atoms with E-state index in [-0.39, 0.29) is 34.2 Å². The van der Waals surface area contributed by atoms with E-state index >= 15 is 0 Å². The van der Waals surface area contributed by atoms with Gasteiger partial charge in [0.15, 0.2) is 11.5 Å². The fourth-order valence-corrected chi connectivity index (χ4v) is 8.26. The van der Waals surface area contributed by atoms with E-state index < -0.39 is 29.4 Å². The lowest BCUT2D eigenvalue weighted by atomic mass is 9.88. The summed E-state index contributed by atoms with van der Waals surface area (Å²) in [5, 5.41) is 8.85. The number of benzene rings is 4. The van der Waals surface area contributed by atoms with Crippen molar-refractivity contribution in [2.24, 2.45) is 0 Å². The van der Waals surface area contributed by atoms with Crippen LogP contribution in [0.15, 0.2) is 66.7 Å². The summed E-state index contributed by atoms with van der Waals surface area (Å²) < 4.78 is 76.3. The molecule has 0 spiro atoms. The predicted octanol–water partition coefficient (Wildman–Crippen LogP) is 9.10. The van der Waals surface area contributed by atoms with Crippen LogP contribution in [-0.4, -0.2) is 56.4 Å². The number of aromatic amines is 1. The number of carbonyl (C=O) groups is 1. The van der Waals surface area contributed by atoms with Crippen molar-refractivity contribution >= 4 is 45.1 Å². The van der Waals surface area contributed by atoms with Gasteiger partial charge < -0.3 is 24.1 Å². The van der Waals surface area contributed by atoms with E-state index in [9.17, 15) is 22.4 Å². The molecule has 9 rings (SSSR count). The molecule has 2 aromatic heterocycles. The van der Waals surface area contributed by atoms with Gasteiger partial charge in [0.1, 0.15) is 17.3 Å². The molecule has 0 saturated carbocycles. The number of aromatic nitrogens is 4. The van der Waals surface area contributed by atoms with Crippen molar-refractivity contribution in [2.75, 3.05) is 25.0 Å². The minimum Gasteiger partial charge on any atom is -0.444 e. The van der Waals surface area contributed by atoms with Crippen molar-refractivity contribution in [3.05, 3.63) is 111 Å². The molecule has 2 fully saturated rings. The van der Waals surface area contributed by atoms with Crippen LogP contribution in [0.5, 0.6) is 11.5 Å².